The minimum Gasteiger partial charge on any atom is -0.547 e. The fourth-order valence-corrected chi connectivity index (χ4v) is 3.53. The lowest BCUT2D eigenvalue weighted by Gasteiger charge is -2.37. The Balaban J connectivity index is 1.97. The van der Waals surface area contributed by atoms with E-state index in [2.05, 4.69) is 39.9 Å². The van der Waals surface area contributed by atoms with E-state index in [1.807, 2.05) is 30.3 Å². The van der Waals surface area contributed by atoms with Crippen LogP contribution in [0.4, 0.5) is 0 Å². The average Bonchev–Trinajstić information content (AvgIpc) is 2.67. The molecule has 24 heavy (non-hydrogen) atoms. The van der Waals surface area contributed by atoms with E-state index in [1.54, 1.807) is 0 Å². The molecule has 0 aliphatic heterocycles. The lowest BCUT2D eigenvalue weighted by Crippen LogP contribution is -2.40. The van der Waals surface area contributed by atoms with Crippen LogP contribution in [0.5, 0.6) is 0 Å². The average molecular weight is 347 g/mol. The van der Waals surface area contributed by atoms with Gasteiger partial charge < -0.3 is 9.16 Å². The van der Waals surface area contributed by atoms with Gasteiger partial charge in [-0.3, -0.25) is 4.79 Å². The largest absolute Gasteiger partial charge is 0.547 e. The lowest BCUT2D eigenvalue weighted by atomic mass is 10.1. The Hall–Kier alpha value is -1.39. The van der Waals surface area contributed by atoms with Crippen LogP contribution in [0, 0.1) is 0 Å². The van der Waals surface area contributed by atoms with E-state index >= 15 is 0 Å². The van der Waals surface area contributed by atoms with Crippen molar-refractivity contribution < 1.29 is 14.0 Å². The van der Waals surface area contributed by atoms with Gasteiger partial charge >= 0.3 is 0 Å². The Bertz CT molecular complexity index is 585. The maximum Gasteiger partial charge on any atom is 0.250 e. The van der Waals surface area contributed by atoms with Crippen molar-refractivity contribution in [1.29, 1.82) is 0 Å². The summed E-state index contributed by atoms with van der Waals surface area (Å²) in [6, 6.07) is 9.98. The lowest BCUT2D eigenvalue weighted by molar-refractivity contribution is -0.130. The van der Waals surface area contributed by atoms with Gasteiger partial charge in [-0.25, -0.2) is 0 Å². The van der Waals surface area contributed by atoms with Crippen molar-refractivity contribution in [3.63, 3.8) is 0 Å². The van der Waals surface area contributed by atoms with Crippen LogP contribution < -0.4 is 0 Å². The number of ketones is 1. The number of hydrogen-bond acceptors (Lipinski definition) is 3. The van der Waals surface area contributed by atoms with Crippen molar-refractivity contribution in [2.75, 3.05) is 0 Å². The molecule has 4 heteroatoms. The van der Waals surface area contributed by atoms with Gasteiger partial charge in [0.05, 0.1) is 12.4 Å². The van der Waals surface area contributed by atoms with Gasteiger partial charge in [0.25, 0.3) is 0 Å². The van der Waals surface area contributed by atoms with Crippen molar-refractivity contribution in [3.8, 4) is 0 Å². The number of allylic oxidation sites excluding steroid dienone is 1. The van der Waals surface area contributed by atoms with Gasteiger partial charge in [0.2, 0.25) is 8.32 Å². The SMILES string of the molecule is CC(C)(C)[Si](C)(C)OC1=CCC(OCc2ccccc2)C(=O)CC1. The summed E-state index contributed by atoms with van der Waals surface area (Å²) in [4.78, 5) is 12.3. The molecule has 1 aliphatic carbocycles. The zero-order chi connectivity index (χ0) is 17.8. The highest BCUT2D eigenvalue weighted by Crippen LogP contribution is 2.39. The molecule has 1 aromatic rings. The summed E-state index contributed by atoms with van der Waals surface area (Å²) in [5.74, 6) is 1.15. The second kappa shape index (κ2) is 7.66. The molecule has 3 nitrogen and oxygen atoms in total. The maximum absolute atomic E-state index is 12.3. The first-order chi connectivity index (χ1) is 11.2. The van der Waals surface area contributed by atoms with Gasteiger partial charge in [-0.15, -0.1) is 0 Å². The van der Waals surface area contributed by atoms with Crippen molar-refractivity contribution in [3.05, 3.63) is 47.7 Å². The number of ether oxygens (including phenoxy) is 1. The Morgan fingerprint density at radius 2 is 1.79 bits per heavy atom. The molecule has 0 saturated carbocycles. The third kappa shape index (κ3) is 5.05. The van der Waals surface area contributed by atoms with E-state index in [0.717, 1.165) is 11.3 Å². The highest BCUT2D eigenvalue weighted by molar-refractivity contribution is 6.74. The summed E-state index contributed by atoms with van der Waals surface area (Å²) >= 11 is 0. The molecule has 0 spiro atoms. The van der Waals surface area contributed by atoms with E-state index in [-0.39, 0.29) is 16.9 Å². The molecular formula is C20H30O3Si. The van der Waals surface area contributed by atoms with Crippen molar-refractivity contribution in [1.82, 2.24) is 0 Å². The number of carbonyl (C=O) groups excluding carboxylic acids is 1. The van der Waals surface area contributed by atoms with Crippen molar-refractivity contribution in [2.45, 2.75) is 70.9 Å². The normalized spacial score (nSPS) is 19.6. The number of carbonyl (C=O) groups is 1. The van der Waals surface area contributed by atoms with Gasteiger partial charge in [0.15, 0.2) is 5.78 Å². The summed E-state index contributed by atoms with van der Waals surface area (Å²) in [7, 11) is -1.85. The molecule has 132 valence electrons. The van der Waals surface area contributed by atoms with E-state index in [0.29, 0.717) is 25.9 Å². The molecule has 1 aliphatic rings. The molecule has 0 fully saturated rings. The minimum absolute atomic E-state index is 0.160. The highest BCUT2D eigenvalue weighted by atomic mass is 28.4. The Morgan fingerprint density at radius 1 is 1.12 bits per heavy atom. The predicted octanol–water partition coefficient (Wildman–Crippen LogP) is 5.23. The first kappa shape index (κ1) is 18.9. The van der Waals surface area contributed by atoms with Crippen LogP contribution in [-0.2, 0) is 20.6 Å². The molecule has 0 saturated heterocycles. The van der Waals surface area contributed by atoms with Crippen molar-refractivity contribution >= 4 is 14.1 Å². The molecule has 1 atom stereocenters. The van der Waals surface area contributed by atoms with Crippen LogP contribution in [-0.4, -0.2) is 20.2 Å². The Morgan fingerprint density at radius 3 is 2.42 bits per heavy atom. The maximum atomic E-state index is 12.3. The molecule has 0 amide bonds. The molecule has 0 aromatic heterocycles. The highest BCUT2D eigenvalue weighted by Gasteiger charge is 2.39. The van der Waals surface area contributed by atoms with Crippen LogP contribution >= 0.6 is 0 Å². The Labute approximate surface area is 147 Å². The van der Waals surface area contributed by atoms with Gasteiger partial charge in [-0.1, -0.05) is 51.1 Å². The van der Waals surface area contributed by atoms with Crippen LogP contribution in [0.25, 0.3) is 0 Å². The summed E-state index contributed by atoms with van der Waals surface area (Å²) in [5.41, 5.74) is 1.09. The minimum atomic E-state index is -1.85. The van der Waals surface area contributed by atoms with E-state index in [1.165, 1.54) is 0 Å². The number of rotatable bonds is 5. The van der Waals surface area contributed by atoms with Crippen LogP contribution in [0.15, 0.2) is 42.2 Å². The third-order valence-electron chi connectivity index (χ3n) is 5.02. The van der Waals surface area contributed by atoms with Gasteiger partial charge in [-0.05, 0) is 29.8 Å². The Kier molecular flexibility index (Phi) is 6.05. The molecule has 0 heterocycles. The van der Waals surface area contributed by atoms with E-state index < -0.39 is 8.32 Å². The van der Waals surface area contributed by atoms with Gasteiger partial charge in [0, 0.05) is 19.3 Å². The molecule has 1 aromatic carbocycles. The van der Waals surface area contributed by atoms with Gasteiger partial charge in [0.1, 0.15) is 6.10 Å². The fourth-order valence-electron chi connectivity index (χ4n) is 2.38. The summed E-state index contributed by atoms with van der Waals surface area (Å²) in [6.45, 7) is 11.6. The third-order valence-corrected chi connectivity index (χ3v) is 9.41. The van der Waals surface area contributed by atoms with Crippen molar-refractivity contribution in [2.24, 2.45) is 0 Å². The zero-order valence-electron chi connectivity index (χ0n) is 15.6. The number of Topliss-reactive ketones (excluding diaryl/α,β-unsaturated/α-hetero) is 1. The zero-order valence-corrected chi connectivity index (χ0v) is 16.6. The first-order valence-electron chi connectivity index (χ1n) is 8.75. The molecule has 1 unspecified atom stereocenters. The van der Waals surface area contributed by atoms with Crippen LogP contribution in [0.2, 0.25) is 18.1 Å². The molecule has 0 bridgehead atoms. The molecule has 0 N–H and O–H groups in total. The standard InChI is InChI=1S/C20H30O3Si/c1-20(2,3)24(4,5)23-17-11-13-18(21)19(14-12-17)22-15-16-9-7-6-8-10-16/h6-10,12,19H,11,13-15H2,1-5H3. The van der Waals surface area contributed by atoms with Crippen LogP contribution in [0.1, 0.15) is 45.6 Å². The van der Waals surface area contributed by atoms with E-state index in [4.69, 9.17) is 9.16 Å². The number of hydrogen-bond donors (Lipinski definition) is 0. The van der Waals surface area contributed by atoms with Crippen LogP contribution in [0.3, 0.4) is 0 Å². The topological polar surface area (TPSA) is 35.5 Å². The summed E-state index contributed by atoms with van der Waals surface area (Å²) in [5, 5.41) is 0.160. The van der Waals surface area contributed by atoms with E-state index in [9.17, 15) is 4.79 Å². The second-order valence-corrected chi connectivity index (χ2v) is 12.7. The second-order valence-electron chi connectivity index (χ2n) is 8.02. The predicted molar refractivity (Wildman–Crippen MR) is 100 cm³/mol. The molecular weight excluding hydrogens is 316 g/mol. The first-order valence-corrected chi connectivity index (χ1v) is 11.7. The molecule has 2 rings (SSSR count). The quantitative estimate of drug-likeness (QED) is 0.685. The number of benzene rings is 1. The fraction of sp³-hybridized carbons (Fsp3) is 0.550. The molecule has 0 radical (unpaired) electrons. The monoisotopic (exact) mass is 346 g/mol. The summed E-state index contributed by atoms with van der Waals surface area (Å²) < 4.78 is 12.2. The smallest absolute Gasteiger partial charge is 0.250 e. The van der Waals surface area contributed by atoms with Gasteiger partial charge in [-0.2, -0.15) is 0 Å². The summed E-state index contributed by atoms with van der Waals surface area (Å²) in [6.07, 6.45) is 3.51.